The number of rotatable bonds is 3. The van der Waals surface area contributed by atoms with Crippen LogP contribution in [-0.2, 0) is 16.1 Å². The van der Waals surface area contributed by atoms with Gasteiger partial charge in [0.2, 0.25) is 11.8 Å². The van der Waals surface area contributed by atoms with E-state index in [0.29, 0.717) is 19.4 Å². The summed E-state index contributed by atoms with van der Waals surface area (Å²) in [5.74, 6) is 0.255. The first-order valence-electron chi connectivity index (χ1n) is 7.88. The Labute approximate surface area is 125 Å². The summed E-state index contributed by atoms with van der Waals surface area (Å²) in [4.78, 5) is 28.5. The molecule has 0 aromatic heterocycles. The van der Waals surface area contributed by atoms with Crippen LogP contribution < -0.4 is 0 Å². The van der Waals surface area contributed by atoms with Gasteiger partial charge in [-0.2, -0.15) is 0 Å². The number of amides is 2. The van der Waals surface area contributed by atoms with Crippen molar-refractivity contribution >= 4 is 11.8 Å². The van der Waals surface area contributed by atoms with E-state index >= 15 is 0 Å². The maximum Gasteiger partial charge on any atom is 0.245 e. The Morgan fingerprint density at radius 3 is 2.52 bits per heavy atom. The van der Waals surface area contributed by atoms with Crippen molar-refractivity contribution in [2.75, 3.05) is 13.1 Å². The molecular weight excluding hydrogens is 264 g/mol. The van der Waals surface area contributed by atoms with Gasteiger partial charge in [-0.1, -0.05) is 30.3 Å². The highest BCUT2D eigenvalue weighted by atomic mass is 16.2. The largest absolute Gasteiger partial charge is 0.341 e. The van der Waals surface area contributed by atoms with Gasteiger partial charge >= 0.3 is 0 Å². The third kappa shape index (κ3) is 3.09. The molecule has 0 saturated carbocycles. The van der Waals surface area contributed by atoms with Crippen molar-refractivity contribution in [1.29, 1.82) is 0 Å². The van der Waals surface area contributed by atoms with E-state index in [1.807, 2.05) is 35.2 Å². The lowest BCUT2D eigenvalue weighted by atomic mass is 10.1. The Hall–Kier alpha value is -1.84. The Balaban J connectivity index is 1.71. The maximum atomic E-state index is 12.7. The molecule has 112 valence electrons. The van der Waals surface area contributed by atoms with Gasteiger partial charge in [0.05, 0.1) is 0 Å². The molecular formula is C17H22N2O2. The number of hydrogen-bond donors (Lipinski definition) is 0. The van der Waals surface area contributed by atoms with Gasteiger partial charge in [0.25, 0.3) is 0 Å². The van der Waals surface area contributed by atoms with E-state index in [-0.39, 0.29) is 17.9 Å². The predicted molar refractivity (Wildman–Crippen MR) is 80.4 cm³/mol. The number of likely N-dealkylation sites (tertiary alicyclic amines) is 2. The zero-order chi connectivity index (χ0) is 14.7. The van der Waals surface area contributed by atoms with Crippen molar-refractivity contribution in [2.45, 2.75) is 44.7 Å². The molecule has 2 fully saturated rings. The van der Waals surface area contributed by atoms with Crippen molar-refractivity contribution < 1.29 is 9.59 Å². The first kappa shape index (κ1) is 14.1. The van der Waals surface area contributed by atoms with E-state index in [0.717, 1.165) is 31.5 Å². The van der Waals surface area contributed by atoms with Crippen LogP contribution in [0.15, 0.2) is 30.3 Å². The highest BCUT2D eigenvalue weighted by molar-refractivity contribution is 5.91. The Morgan fingerprint density at radius 1 is 1.10 bits per heavy atom. The summed E-state index contributed by atoms with van der Waals surface area (Å²) in [5, 5.41) is 0. The average Bonchev–Trinajstić information content (AvgIpc) is 2.90. The minimum Gasteiger partial charge on any atom is -0.341 e. The molecule has 1 aromatic carbocycles. The fraction of sp³-hybridized carbons (Fsp3) is 0.529. The molecule has 2 aliphatic heterocycles. The summed E-state index contributed by atoms with van der Waals surface area (Å²) in [7, 11) is 0. The molecule has 4 nitrogen and oxygen atoms in total. The predicted octanol–water partition coefficient (Wildman–Crippen LogP) is 2.19. The lowest BCUT2D eigenvalue weighted by Crippen LogP contribution is -2.48. The van der Waals surface area contributed by atoms with Crippen molar-refractivity contribution in [3.05, 3.63) is 35.9 Å². The van der Waals surface area contributed by atoms with Crippen LogP contribution in [0.5, 0.6) is 0 Å². The molecule has 0 bridgehead atoms. The zero-order valence-electron chi connectivity index (χ0n) is 12.3. The van der Waals surface area contributed by atoms with Gasteiger partial charge in [-0.3, -0.25) is 9.59 Å². The van der Waals surface area contributed by atoms with E-state index < -0.39 is 0 Å². The zero-order valence-corrected chi connectivity index (χ0v) is 12.3. The van der Waals surface area contributed by atoms with Gasteiger partial charge in [0.15, 0.2) is 0 Å². The molecule has 0 N–H and O–H groups in total. The molecule has 2 amide bonds. The van der Waals surface area contributed by atoms with Gasteiger partial charge in [0.1, 0.15) is 6.04 Å². The first-order valence-corrected chi connectivity index (χ1v) is 7.88. The first-order chi connectivity index (χ1) is 10.3. The van der Waals surface area contributed by atoms with E-state index in [9.17, 15) is 9.59 Å². The SMILES string of the molecule is O=C(C1CCC(=O)N1Cc1ccccc1)N1CCCCC1. The van der Waals surface area contributed by atoms with Crippen molar-refractivity contribution in [3.8, 4) is 0 Å². The van der Waals surface area contributed by atoms with Gasteiger partial charge in [-0.15, -0.1) is 0 Å². The van der Waals surface area contributed by atoms with Crippen LogP contribution in [0.4, 0.5) is 0 Å². The van der Waals surface area contributed by atoms with Crippen molar-refractivity contribution in [3.63, 3.8) is 0 Å². The Morgan fingerprint density at radius 2 is 1.81 bits per heavy atom. The summed E-state index contributed by atoms with van der Waals surface area (Å²) < 4.78 is 0. The van der Waals surface area contributed by atoms with Gasteiger partial charge in [0, 0.05) is 26.1 Å². The van der Waals surface area contributed by atoms with Crippen LogP contribution in [0, 0.1) is 0 Å². The smallest absolute Gasteiger partial charge is 0.245 e. The molecule has 2 heterocycles. The third-order valence-electron chi connectivity index (χ3n) is 4.48. The third-order valence-corrected chi connectivity index (χ3v) is 4.48. The highest BCUT2D eigenvalue weighted by Gasteiger charge is 2.38. The van der Waals surface area contributed by atoms with E-state index in [1.54, 1.807) is 4.90 Å². The summed E-state index contributed by atoms with van der Waals surface area (Å²) in [6, 6.07) is 9.67. The van der Waals surface area contributed by atoms with Gasteiger partial charge in [-0.25, -0.2) is 0 Å². The van der Waals surface area contributed by atoms with Crippen molar-refractivity contribution in [2.24, 2.45) is 0 Å². The van der Waals surface area contributed by atoms with E-state index in [2.05, 4.69) is 0 Å². The molecule has 3 rings (SSSR count). The molecule has 21 heavy (non-hydrogen) atoms. The summed E-state index contributed by atoms with van der Waals surface area (Å²) in [6.45, 7) is 2.25. The molecule has 1 unspecified atom stereocenters. The molecule has 0 spiro atoms. The van der Waals surface area contributed by atoms with Crippen LogP contribution in [-0.4, -0.2) is 40.7 Å². The monoisotopic (exact) mass is 286 g/mol. The Bertz CT molecular complexity index is 509. The molecule has 2 aliphatic rings. The minimum atomic E-state index is -0.254. The molecule has 0 radical (unpaired) electrons. The standard InChI is InChI=1S/C17H22N2O2/c20-16-10-9-15(17(21)18-11-5-2-6-12-18)19(16)13-14-7-3-1-4-8-14/h1,3-4,7-8,15H,2,5-6,9-13H2. The lowest BCUT2D eigenvalue weighted by Gasteiger charge is -2.32. The molecule has 4 heteroatoms. The van der Waals surface area contributed by atoms with Crippen LogP contribution in [0.3, 0.4) is 0 Å². The number of hydrogen-bond acceptors (Lipinski definition) is 2. The average molecular weight is 286 g/mol. The summed E-state index contributed by atoms with van der Waals surface area (Å²) in [6.07, 6.45) is 4.55. The van der Waals surface area contributed by atoms with Crippen LogP contribution in [0.1, 0.15) is 37.7 Å². The number of benzene rings is 1. The fourth-order valence-electron chi connectivity index (χ4n) is 3.29. The quantitative estimate of drug-likeness (QED) is 0.854. The lowest BCUT2D eigenvalue weighted by molar-refractivity contribution is -0.142. The molecule has 2 saturated heterocycles. The summed E-state index contributed by atoms with van der Waals surface area (Å²) in [5.41, 5.74) is 1.09. The number of nitrogens with zero attached hydrogens (tertiary/aromatic N) is 2. The van der Waals surface area contributed by atoms with Crippen LogP contribution in [0.2, 0.25) is 0 Å². The minimum absolute atomic E-state index is 0.106. The normalized spacial score (nSPS) is 22.7. The fourth-order valence-corrected chi connectivity index (χ4v) is 3.29. The van der Waals surface area contributed by atoms with Crippen LogP contribution >= 0.6 is 0 Å². The second-order valence-electron chi connectivity index (χ2n) is 5.95. The second kappa shape index (κ2) is 6.29. The second-order valence-corrected chi connectivity index (χ2v) is 5.95. The number of piperidine rings is 1. The highest BCUT2D eigenvalue weighted by Crippen LogP contribution is 2.24. The van der Waals surface area contributed by atoms with E-state index in [4.69, 9.17) is 0 Å². The molecule has 0 aliphatic carbocycles. The van der Waals surface area contributed by atoms with Gasteiger partial charge < -0.3 is 9.80 Å². The number of carbonyl (C=O) groups excluding carboxylic acids is 2. The maximum absolute atomic E-state index is 12.7. The van der Waals surface area contributed by atoms with Crippen molar-refractivity contribution in [1.82, 2.24) is 9.80 Å². The molecule has 1 aromatic rings. The van der Waals surface area contributed by atoms with Gasteiger partial charge in [-0.05, 0) is 31.2 Å². The van der Waals surface area contributed by atoms with Crippen LogP contribution in [0.25, 0.3) is 0 Å². The number of carbonyl (C=O) groups is 2. The topological polar surface area (TPSA) is 40.6 Å². The summed E-state index contributed by atoms with van der Waals surface area (Å²) >= 11 is 0. The molecule has 1 atom stereocenters. The Kier molecular flexibility index (Phi) is 4.23. The van der Waals surface area contributed by atoms with E-state index in [1.165, 1.54) is 6.42 Å².